The molecule has 0 saturated heterocycles. The highest BCUT2D eigenvalue weighted by atomic mass is 16.4. The van der Waals surface area contributed by atoms with Gasteiger partial charge in [-0.15, -0.1) is 0 Å². The summed E-state index contributed by atoms with van der Waals surface area (Å²) in [7, 11) is 2.03. The van der Waals surface area contributed by atoms with Crippen LogP contribution in [0.3, 0.4) is 0 Å². The number of aryl methyl sites for hydroxylation is 1. The minimum absolute atomic E-state index is 0.234. The monoisotopic (exact) mass is 274 g/mol. The second kappa shape index (κ2) is 6.57. The average molecular weight is 274 g/mol. The van der Waals surface area contributed by atoms with E-state index in [0.717, 1.165) is 19.5 Å². The fraction of sp³-hybridized carbons (Fsp3) is 0.438. The molecule has 0 amide bonds. The number of aliphatic carboxylic acids is 1. The first-order chi connectivity index (χ1) is 9.61. The Bertz CT molecular complexity index is 589. The lowest BCUT2D eigenvalue weighted by atomic mass is 10.1. The molecule has 2 rings (SSSR count). The van der Waals surface area contributed by atoms with Crippen molar-refractivity contribution in [1.82, 2.24) is 9.88 Å². The van der Waals surface area contributed by atoms with Crippen LogP contribution in [0.4, 0.5) is 0 Å². The maximum absolute atomic E-state index is 10.5. The molecule has 1 heterocycles. The van der Waals surface area contributed by atoms with E-state index in [1.807, 2.05) is 7.05 Å². The predicted octanol–water partition coefficient (Wildman–Crippen LogP) is 3.03. The Hall–Kier alpha value is -1.81. The van der Waals surface area contributed by atoms with Crippen LogP contribution in [0.25, 0.3) is 10.9 Å². The summed E-state index contributed by atoms with van der Waals surface area (Å²) >= 11 is 0. The normalized spacial score (nSPS) is 11.3. The van der Waals surface area contributed by atoms with Gasteiger partial charge < -0.3 is 15.0 Å². The zero-order chi connectivity index (χ0) is 14.5. The minimum Gasteiger partial charge on any atom is -0.481 e. The largest absolute Gasteiger partial charge is 0.481 e. The van der Waals surface area contributed by atoms with Crippen LogP contribution in [-0.4, -0.2) is 34.6 Å². The highest BCUT2D eigenvalue weighted by molar-refractivity contribution is 5.86. The van der Waals surface area contributed by atoms with Crippen LogP contribution in [0.1, 0.15) is 30.9 Å². The maximum atomic E-state index is 10.5. The zero-order valence-electron chi connectivity index (χ0n) is 12.1. The number of hydrogen-bond acceptors (Lipinski definition) is 2. The SMILES string of the molecule is CCc1cccc2c(CN(C)CCCC(=O)O)c[nH]c12. The summed E-state index contributed by atoms with van der Waals surface area (Å²) in [4.78, 5) is 16.1. The van der Waals surface area contributed by atoms with E-state index in [0.29, 0.717) is 6.42 Å². The van der Waals surface area contributed by atoms with Gasteiger partial charge in [-0.1, -0.05) is 25.1 Å². The lowest BCUT2D eigenvalue weighted by Gasteiger charge is -2.15. The molecule has 0 fully saturated rings. The Kier molecular flexibility index (Phi) is 4.79. The molecule has 20 heavy (non-hydrogen) atoms. The standard InChI is InChI=1S/C16H22N2O2/c1-3-12-6-4-7-14-13(10-17-16(12)14)11-18(2)9-5-8-15(19)20/h4,6-7,10,17H,3,5,8-9,11H2,1-2H3,(H,19,20). The van der Waals surface area contributed by atoms with Gasteiger partial charge in [0.1, 0.15) is 0 Å². The Labute approximate surface area is 119 Å². The van der Waals surface area contributed by atoms with Crippen molar-refractivity contribution >= 4 is 16.9 Å². The summed E-state index contributed by atoms with van der Waals surface area (Å²) in [5.74, 6) is -0.724. The number of fused-ring (bicyclic) bond motifs is 1. The number of H-pyrrole nitrogens is 1. The zero-order valence-corrected chi connectivity index (χ0v) is 12.1. The van der Waals surface area contributed by atoms with Gasteiger partial charge in [0.15, 0.2) is 0 Å². The molecule has 0 radical (unpaired) electrons. The molecule has 0 bridgehead atoms. The number of nitrogens with zero attached hydrogens (tertiary/aromatic N) is 1. The Balaban J connectivity index is 2.04. The summed E-state index contributed by atoms with van der Waals surface area (Å²) in [5, 5.41) is 9.93. The van der Waals surface area contributed by atoms with E-state index in [4.69, 9.17) is 5.11 Å². The number of aromatic nitrogens is 1. The van der Waals surface area contributed by atoms with E-state index in [1.165, 1.54) is 22.0 Å². The second-order valence-electron chi connectivity index (χ2n) is 5.24. The van der Waals surface area contributed by atoms with Crippen molar-refractivity contribution in [3.05, 3.63) is 35.5 Å². The van der Waals surface area contributed by atoms with E-state index < -0.39 is 5.97 Å². The molecule has 2 aromatic rings. The van der Waals surface area contributed by atoms with Gasteiger partial charge in [0.05, 0.1) is 0 Å². The van der Waals surface area contributed by atoms with Crippen LogP contribution >= 0.6 is 0 Å². The molecule has 0 unspecified atom stereocenters. The number of carboxylic acid groups (broad SMARTS) is 1. The molecule has 0 aliphatic heterocycles. The van der Waals surface area contributed by atoms with Crippen molar-refractivity contribution in [3.63, 3.8) is 0 Å². The van der Waals surface area contributed by atoms with Crippen molar-refractivity contribution < 1.29 is 9.90 Å². The van der Waals surface area contributed by atoms with Crippen LogP contribution in [0.5, 0.6) is 0 Å². The lowest BCUT2D eigenvalue weighted by Crippen LogP contribution is -2.19. The van der Waals surface area contributed by atoms with E-state index in [-0.39, 0.29) is 6.42 Å². The molecular weight excluding hydrogens is 252 g/mol. The predicted molar refractivity (Wildman–Crippen MR) is 80.9 cm³/mol. The summed E-state index contributed by atoms with van der Waals surface area (Å²) < 4.78 is 0. The number of aromatic amines is 1. The van der Waals surface area contributed by atoms with Crippen molar-refractivity contribution in [2.75, 3.05) is 13.6 Å². The molecule has 108 valence electrons. The van der Waals surface area contributed by atoms with Crippen LogP contribution in [0.2, 0.25) is 0 Å². The Morgan fingerprint density at radius 1 is 1.35 bits per heavy atom. The summed E-state index contributed by atoms with van der Waals surface area (Å²) in [6.07, 6.45) is 4.01. The van der Waals surface area contributed by atoms with Gasteiger partial charge in [-0.3, -0.25) is 4.79 Å². The molecule has 0 aliphatic carbocycles. The van der Waals surface area contributed by atoms with Crippen LogP contribution in [0.15, 0.2) is 24.4 Å². The number of benzene rings is 1. The van der Waals surface area contributed by atoms with E-state index in [9.17, 15) is 4.79 Å². The van der Waals surface area contributed by atoms with Crippen molar-refractivity contribution in [1.29, 1.82) is 0 Å². The van der Waals surface area contributed by atoms with Crippen LogP contribution in [-0.2, 0) is 17.8 Å². The molecule has 4 nitrogen and oxygen atoms in total. The van der Waals surface area contributed by atoms with E-state index in [2.05, 4.69) is 41.2 Å². The Morgan fingerprint density at radius 2 is 2.15 bits per heavy atom. The molecule has 1 aromatic carbocycles. The third-order valence-corrected chi connectivity index (χ3v) is 3.64. The minimum atomic E-state index is -0.724. The summed E-state index contributed by atoms with van der Waals surface area (Å²) in [6, 6.07) is 6.40. The fourth-order valence-corrected chi connectivity index (χ4v) is 2.57. The van der Waals surface area contributed by atoms with E-state index in [1.54, 1.807) is 0 Å². The third-order valence-electron chi connectivity index (χ3n) is 3.64. The van der Waals surface area contributed by atoms with Crippen LogP contribution in [0, 0.1) is 0 Å². The maximum Gasteiger partial charge on any atom is 0.303 e. The van der Waals surface area contributed by atoms with Gasteiger partial charge >= 0.3 is 5.97 Å². The Morgan fingerprint density at radius 3 is 2.85 bits per heavy atom. The molecular formula is C16H22N2O2. The van der Waals surface area contributed by atoms with E-state index >= 15 is 0 Å². The molecule has 2 N–H and O–H groups in total. The van der Waals surface area contributed by atoms with Gasteiger partial charge in [0.2, 0.25) is 0 Å². The number of nitrogens with one attached hydrogen (secondary N) is 1. The highest BCUT2D eigenvalue weighted by Gasteiger charge is 2.09. The smallest absolute Gasteiger partial charge is 0.303 e. The number of para-hydroxylation sites is 1. The van der Waals surface area contributed by atoms with Gasteiger partial charge in [-0.2, -0.15) is 0 Å². The molecule has 0 spiro atoms. The van der Waals surface area contributed by atoms with Gasteiger partial charge in [-0.05, 0) is 37.6 Å². The van der Waals surface area contributed by atoms with Gasteiger partial charge in [0, 0.05) is 30.1 Å². The first-order valence-electron chi connectivity index (χ1n) is 7.10. The van der Waals surface area contributed by atoms with Gasteiger partial charge in [-0.25, -0.2) is 0 Å². The molecule has 1 aromatic heterocycles. The highest BCUT2D eigenvalue weighted by Crippen LogP contribution is 2.23. The van der Waals surface area contributed by atoms with Crippen molar-refractivity contribution in [2.24, 2.45) is 0 Å². The average Bonchev–Trinajstić information content (AvgIpc) is 2.81. The first-order valence-corrected chi connectivity index (χ1v) is 7.10. The van der Waals surface area contributed by atoms with Crippen molar-refractivity contribution in [2.45, 2.75) is 32.7 Å². The first kappa shape index (κ1) is 14.6. The molecule has 0 saturated carbocycles. The molecule has 4 heteroatoms. The third kappa shape index (κ3) is 3.39. The number of rotatable bonds is 7. The number of carboxylic acids is 1. The lowest BCUT2D eigenvalue weighted by molar-refractivity contribution is -0.137. The second-order valence-corrected chi connectivity index (χ2v) is 5.24. The molecule has 0 atom stereocenters. The topological polar surface area (TPSA) is 56.3 Å². The fourth-order valence-electron chi connectivity index (χ4n) is 2.57. The quantitative estimate of drug-likeness (QED) is 0.816. The summed E-state index contributed by atoms with van der Waals surface area (Å²) in [5.41, 5.74) is 3.83. The number of carbonyl (C=O) groups is 1. The van der Waals surface area contributed by atoms with Crippen molar-refractivity contribution in [3.8, 4) is 0 Å². The molecule has 0 aliphatic rings. The van der Waals surface area contributed by atoms with Gasteiger partial charge in [0.25, 0.3) is 0 Å². The number of hydrogen-bond donors (Lipinski definition) is 2. The van der Waals surface area contributed by atoms with Crippen LogP contribution < -0.4 is 0 Å². The summed E-state index contributed by atoms with van der Waals surface area (Å²) in [6.45, 7) is 3.80.